The normalized spacial score (nSPS) is 9.57. The Morgan fingerprint density at radius 3 is 2.71 bits per heavy atom. The monoisotopic (exact) mass is 198 g/mol. The lowest BCUT2D eigenvalue weighted by Crippen LogP contribution is -2.08. The van der Waals surface area contributed by atoms with Crippen LogP contribution in [-0.2, 0) is 16.0 Å². The number of hydrogen-bond donors (Lipinski definition) is 0. The maximum Gasteiger partial charge on any atom is 0.338 e. The van der Waals surface area contributed by atoms with Gasteiger partial charge in [-0.25, -0.2) is 4.79 Å². The van der Waals surface area contributed by atoms with Crippen molar-refractivity contribution in [2.45, 2.75) is 6.42 Å². The second-order valence-electron chi connectivity index (χ2n) is 2.56. The highest BCUT2D eigenvalue weighted by Gasteiger charge is 2.06. The summed E-state index contributed by atoms with van der Waals surface area (Å²) < 4.78 is 13.8. The minimum Gasteiger partial charge on any atom is -0.469 e. The third kappa shape index (κ3) is 2.62. The van der Waals surface area contributed by atoms with Crippen LogP contribution < -0.4 is 10.4 Å². The molecule has 5 heteroatoms. The third-order valence-electron chi connectivity index (χ3n) is 1.58. The molecule has 0 radical (unpaired) electrons. The first-order chi connectivity index (χ1) is 6.65. The predicted molar refractivity (Wildman–Crippen MR) is 47.3 cm³/mol. The molecular formula is C9H10O5. The summed E-state index contributed by atoms with van der Waals surface area (Å²) in [6.07, 6.45) is 0.0262. The van der Waals surface area contributed by atoms with Crippen molar-refractivity contribution in [3.63, 3.8) is 0 Å². The minimum atomic E-state index is -0.553. The summed E-state index contributed by atoms with van der Waals surface area (Å²) in [6.45, 7) is 0. The van der Waals surface area contributed by atoms with Crippen LogP contribution in [0.1, 0.15) is 5.56 Å². The number of esters is 1. The molecule has 0 saturated carbocycles. The Kier molecular flexibility index (Phi) is 3.28. The molecule has 0 N–H and O–H groups in total. The van der Waals surface area contributed by atoms with Crippen molar-refractivity contribution < 1.29 is 18.7 Å². The van der Waals surface area contributed by atoms with E-state index < -0.39 is 11.6 Å². The van der Waals surface area contributed by atoms with Crippen LogP contribution >= 0.6 is 0 Å². The summed E-state index contributed by atoms with van der Waals surface area (Å²) in [6, 6.07) is 2.69. The van der Waals surface area contributed by atoms with E-state index in [1.807, 2.05) is 0 Å². The Hall–Kier alpha value is -1.78. The maximum absolute atomic E-state index is 10.9. The van der Waals surface area contributed by atoms with Crippen molar-refractivity contribution in [2.24, 2.45) is 0 Å². The van der Waals surface area contributed by atoms with Crippen molar-refractivity contribution in [1.82, 2.24) is 0 Å². The largest absolute Gasteiger partial charge is 0.469 e. The van der Waals surface area contributed by atoms with Crippen molar-refractivity contribution in [3.05, 3.63) is 28.1 Å². The first-order valence-corrected chi connectivity index (χ1v) is 3.90. The number of rotatable bonds is 3. The van der Waals surface area contributed by atoms with E-state index in [1.165, 1.54) is 26.4 Å². The van der Waals surface area contributed by atoms with E-state index in [4.69, 9.17) is 4.74 Å². The lowest BCUT2D eigenvalue weighted by atomic mass is 10.2. The molecule has 0 spiro atoms. The lowest BCUT2D eigenvalue weighted by Gasteiger charge is -2.01. The molecule has 0 aromatic carbocycles. The standard InChI is InChI=1S/C9H10O5/c1-12-7(10)3-6-4-8(11)14-9(5-6)13-2/h4-5H,3H2,1-2H3. The van der Waals surface area contributed by atoms with Gasteiger partial charge in [0.05, 0.1) is 20.6 Å². The average Bonchev–Trinajstić information content (AvgIpc) is 2.16. The van der Waals surface area contributed by atoms with Gasteiger partial charge in [-0.15, -0.1) is 0 Å². The molecule has 0 saturated heterocycles. The zero-order valence-corrected chi connectivity index (χ0v) is 7.90. The predicted octanol–water partition coefficient (Wildman–Crippen LogP) is 0.364. The average molecular weight is 198 g/mol. The summed E-state index contributed by atoms with van der Waals surface area (Å²) >= 11 is 0. The van der Waals surface area contributed by atoms with Crippen molar-refractivity contribution in [3.8, 4) is 5.95 Å². The van der Waals surface area contributed by atoms with Crippen LogP contribution in [0.15, 0.2) is 21.3 Å². The van der Waals surface area contributed by atoms with Crippen molar-refractivity contribution >= 4 is 5.97 Å². The Balaban J connectivity index is 2.92. The molecule has 0 fully saturated rings. The fraction of sp³-hybridized carbons (Fsp3) is 0.333. The van der Waals surface area contributed by atoms with Gasteiger partial charge >= 0.3 is 11.6 Å². The summed E-state index contributed by atoms with van der Waals surface area (Å²) in [5, 5.41) is 0. The molecule has 0 aliphatic rings. The van der Waals surface area contributed by atoms with Crippen LogP contribution in [0.25, 0.3) is 0 Å². The number of hydrogen-bond acceptors (Lipinski definition) is 5. The molecule has 0 atom stereocenters. The van der Waals surface area contributed by atoms with E-state index in [2.05, 4.69) is 9.15 Å². The Morgan fingerprint density at radius 1 is 1.43 bits per heavy atom. The van der Waals surface area contributed by atoms with E-state index in [0.717, 1.165) is 0 Å². The van der Waals surface area contributed by atoms with E-state index in [1.54, 1.807) is 0 Å². The fourth-order valence-electron chi connectivity index (χ4n) is 0.944. The van der Waals surface area contributed by atoms with Gasteiger partial charge in [0, 0.05) is 12.1 Å². The van der Waals surface area contributed by atoms with Crippen LogP contribution in [0, 0.1) is 0 Å². The minimum absolute atomic E-state index is 0.0262. The molecule has 0 amide bonds. The van der Waals surface area contributed by atoms with Gasteiger partial charge in [0.2, 0.25) is 0 Å². The van der Waals surface area contributed by atoms with Crippen LogP contribution in [0.5, 0.6) is 5.95 Å². The van der Waals surface area contributed by atoms with E-state index in [-0.39, 0.29) is 12.4 Å². The van der Waals surface area contributed by atoms with E-state index >= 15 is 0 Å². The van der Waals surface area contributed by atoms with Crippen LogP contribution in [0.2, 0.25) is 0 Å². The van der Waals surface area contributed by atoms with Crippen LogP contribution in [0.4, 0.5) is 0 Å². The van der Waals surface area contributed by atoms with Gasteiger partial charge in [-0.05, 0) is 5.56 Å². The topological polar surface area (TPSA) is 65.7 Å². The molecule has 1 aromatic heterocycles. The number of carbonyl (C=O) groups excluding carboxylic acids is 1. The molecule has 0 aliphatic heterocycles. The SMILES string of the molecule is COC(=O)Cc1cc(OC)oc(=O)c1. The summed E-state index contributed by atoms with van der Waals surface area (Å²) in [5.41, 5.74) is -0.0480. The van der Waals surface area contributed by atoms with Gasteiger partial charge < -0.3 is 13.9 Å². The van der Waals surface area contributed by atoms with Crippen molar-refractivity contribution in [2.75, 3.05) is 14.2 Å². The molecule has 14 heavy (non-hydrogen) atoms. The van der Waals surface area contributed by atoms with Gasteiger partial charge in [-0.2, -0.15) is 0 Å². The molecule has 1 rings (SSSR count). The number of carbonyl (C=O) groups is 1. The first-order valence-electron chi connectivity index (χ1n) is 3.90. The molecule has 1 heterocycles. The summed E-state index contributed by atoms with van der Waals surface area (Å²) in [5.74, 6) is -0.339. The lowest BCUT2D eigenvalue weighted by molar-refractivity contribution is -0.139. The van der Waals surface area contributed by atoms with Crippen LogP contribution in [0.3, 0.4) is 0 Å². The summed E-state index contributed by atoms with van der Waals surface area (Å²) in [7, 11) is 2.66. The van der Waals surface area contributed by atoms with Gasteiger partial charge in [0.15, 0.2) is 0 Å². The quantitative estimate of drug-likeness (QED) is 0.656. The highest BCUT2D eigenvalue weighted by Crippen LogP contribution is 2.09. The Bertz CT molecular complexity index is 379. The number of ether oxygens (including phenoxy) is 2. The smallest absolute Gasteiger partial charge is 0.338 e. The highest BCUT2D eigenvalue weighted by molar-refractivity contribution is 5.72. The van der Waals surface area contributed by atoms with Gasteiger partial charge in [-0.1, -0.05) is 0 Å². The van der Waals surface area contributed by atoms with Gasteiger partial charge in [0.1, 0.15) is 0 Å². The molecule has 76 valence electrons. The van der Waals surface area contributed by atoms with Gasteiger partial charge in [0.25, 0.3) is 5.95 Å². The second-order valence-corrected chi connectivity index (χ2v) is 2.56. The third-order valence-corrected chi connectivity index (χ3v) is 1.58. The zero-order valence-electron chi connectivity index (χ0n) is 7.90. The molecule has 1 aromatic rings. The maximum atomic E-state index is 10.9. The fourth-order valence-corrected chi connectivity index (χ4v) is 0.944. The van der Waals surface area contributed by atoms with Gasteiger partial charge in [-0.3, -0.25) is 4.79 Å². The molecule has 5 nitrogen and oxygen atoms in total. The number of methoxy groups -OCH3 is 2. The highest BCUT2D eigenvalue weighted by atomic mass is 16.6. The Morgan fingerprint density at radius 2 is 2.14 bits per heavy atom. The molecular weight excluding hydrogens is 188 g/mol. The Labute approximate surface area is 80.2 Å². The molecule has 0 bridgehead atoms. The van der Waals surface area contributed by atoms with Crippen LogP contribution in [-0.4, -0.2) is 20.2 Å². The second kappa shape index (κ2) is 4.45. The van der Waals surface area contributed by atoms with Crippen molar-refractivity contribution in [1.29, 1.82) is 0 Å². The molecule has 0 unspecified atom stereocenters. The first kappa shape index (κ1) is 10.3. The van der Waals surface area contributed by atoms with E-state index in [9.17, 15) is 9.59 Å². The van der Waals surface area contributed by atoms with E-state index in [0.29, 0.717) is 5.56 Å². The summed E-state index contributed by atoms with van der Waals surface area (Å²) in [4.78, 5) is 21.8. The molecule has 0 aliphatic carbocycles. The zero-order chi connectivity index (χ0) is 10.6.